The molecule has 2 rings (SSSR count). The maximum atomic E-state index is 12.8. The Balaban J connectivity index is 2.78. The van der Waals surface area contributed by atoms with Gasteiger partial charge in [0.1, 0.15) is 5.82 Å². The number of rotatable bonds is 0. The van der Waals surface area contributed by atoms with Crippen LogP contribution in [0.25, 0.3) is 0 Å². The third kappa shape index (κ3) is 1.02. The lowest BCUT2D eigenvalue weighted by atomic mass is 10.1. The van der Waals surface area contributed by atoms with Crippen molar-refractivity contribution in [3.63, 3.8) is 0 Å². The number of carbonyl (C=O) groups is 2. The van der Waals surface area contributed by atoms with E-state index in [1.54, 1.807) is 0 Å². The van der Waals surface area contributed by atoms with Gasteiger partial charge in [0.15, 0.2) is 0 Å². The van der Waals surface area contributed by atoms with E-state index in [0.29, 0.717) is 0 Å². The number of hydrogen-bond donors (Lipinski definition) is 0. The van der Waals surface area contributed by atoms with Crippen molar-refractivity contribution in [2.45, 2.75) is 0 Å². The highest BCUT2D eigenvalue weighted by molar-refractivity contribution is 6.36. The number of benzene rings is 1. The van der Waals surface area contributed by atoms with Gasteiger partial charge in [0.25, 0.3) is 0 Å². The average Bonchev–Trinajstić information content (AvgIpc) is 2.35. The fourth-order valence-electron chi connectivity index (χ4n) is 1.11. The van der Waals surface area contributed by atoms with Crippen LogP contribution in [0.2, 0.25) is 5.02 Å². The standard InChI is InChI=1S/C8H2ClFO3/c9-6-4(10)2-1-3-5(6)8(12)13-7(3)11/h1-2H. The van der Waals surface area contributed by atoms with Gasteiger partial charge in [-0.1, -0.05) is 11.6 Å². The number of fused-ring (bicyclic) bond motifs is 1. The molecule has 66 valence electrons. The first kappa shape index (κ1) is 8.19. The molecule has 0 saturated heterocycles. The van der Waals surface area contributed by atoms with E-state index in [1.165, 1.54) is 6.07 Å². The van der Waals surface area contributed by atoms with E-state index in [1.807, 2.05) is 0 Å². The zero-order valence-corrected chi connectivity index (χ0v) is 6.89. The van der Waals surface area contributed by atoms with Gasteiger partial charge in [0, 0.05) is 0 Å². The van der Waals surface area contributed by atoms with Gasteiger partial charge >= 0.3 is 11.9 Å². The number of halogens is 2. The Hall–Kier alpha value is -1.42. The molecule has 3 nitrogen and oxygen atoms in total. The average molecular weight is 201 g/mol. The zero-order chi connectivity index (χ0) is 9.59. The van der Waals surface area contributed by atoms with E-state index in [2.05, 4.69) is 4.74 Å². The monoisotopic (exact) mass is 200 g/mol. The number of hydrogen-bond acceptors (Lipinski definition) is 3. The number of carbonyl (C=O) groups excluding carboxylic acids is 2. The Labute approximate surface area is 77.1 Å². The molecule has 1 aromatic rings. The van der Waals surface area contributed by atoms with E-state index in [4.69, 9.17) is 11.6 Å². The molecule has 0 N–H and O–H groups in total. The van der Waals surface area contributed by atoms with Gasteiger partial charge in [-0.25, -0.2) is 14.0 Å². The number of cyclic esters (lactones) is 2. The summed E-state index contributed by atoms with van der Waals surface area (Å²) in [5, 5.41) is -0.367. The van der Waals surface area contributed by atoms with Gasteiger partial charge in [0.05, 0.1) is 16.1 Å². The molecule has 0 fully saturated rings. The Bertz CT molecular complexity index is 428. The van der Waals surface area contributed by atoms with Crippen LogP contribution in [0.4, 0.5) is 4.39 Å². The van der Waals surface area contributed by atoms with Crippen molar-refractivity contribution in [1.82, 2.24) is 0 Å². The van der Waals surface area contributed by atoms with Gasteiger partial charge in [-0.15, -0.1) is 0 Å². The maximum absolute atomic E-state index is 12.8. The Kier molecular flexibility index (Phi) is 1.60. The van der Waals surface area contributed by atoms with E-state index >= 15 is 0 Å². The van der Waals surface area contributed by atoms with Gasteiger partial charge < -0.3 is 4.74 Å². The molecular formula is C8H2ClFO3. The van der Waals surface area contributed by atoms with Crippen molar-refractivity contribution >= 4 is 23.5 Å². The molecule has 0 amide bonds. The molecular weight excluding hydrogens is 199 g/mol. The first-order valence-corrected chi connectivity index (χ1v) is 3.73. The van der Waals surface area contributed by atoms with Crippen molar-refractivity contribution < 1.29 is 18.7 Å². The van der Waals surface area contributed by atoms with E-state index < -0.39 is 17.8 Å². The molecule has 0 aromatic heterocycles. The minimum absolute atomic E-state index is 0.0106. The lowest BCUT2D eigenvalue weighted by Crippen LogP contribution is -1.97. The summed E-state index contributed by atoms with van der Waals surface area (Å²) in [6.45, 7) is 0. The highest BCUT2D eigenvalue weighted by atomic mass is 35.5. The second kappa shape index (κ2) is 2.53. The minimum atomic E-state index is -0.899. The van der Waals surface area contributed by atoms with Crippen LogP contribution in [0.15, 0.2) is 12.1 Å². The van der Waals surface area contributed by atoms with Gasteiger partial charge in [-0.3, -0.25) is 0 Å². The summed E-state index contributed by atoms with van der Waals surface area (Å²) >= 11 is 5.47. The van der Waals surface area contributed by atoms with Crippen molar-refractivity contribution in [2.75, 3.05) is 0 Å². The quantitative estimate of drug-likeness (QED) is 0.474. The summed E-state index contributed by atoms with van der Waals surface area (Å²) in [5.41, 5.74) is -0.178. The first-order chi connectivity index (χ1) is 6.11. The number of esters is 2. The smallest absolute Gasteiger partial charge is 0.348 e. The maximum Gasteiger partial charge on any atom is 0.348 e. The summed E-state index contributed by atoms with van der Waals surface area (Å²) < 4.78 is 17.1. The van der Waals surface area contributed by atoms with Crippen molar-refractivity contribution in [1.29, 1.82) is 0 Å². The summed E-state index contributed by atoms with van der Waals surface area (Å²) in [4.78, 5) is 21.9. The molecule has 1 aromatic carbocycles. The van der Waals surface area contributed by atoms with Gasteiger partial charge in [-0.2, -0.15) is 0 Å². The molecule has 0 saturated carbocycles. The van der Waals surface area contributed by atoms with Crippen LogP contribution in [-0.4, -0.2) is 11.9 Å². The van der Waals surface area contributed by atoms with Crippen molar-refractivity contribution in [2.24, 2.45) is 0 Å². The Morgan fingerprint density at radius 3 is 2.62 bits per heavy atom. The molecule has 0 bridgehead atoms. The van der Waals surface area contributed by atoms with E-state index in [-0.39, 0.29) is 16.1 Å². The second-order valence-corrected chi connectivity index (χ2v) is 2.84. The van der Waals surface area contributed by atoms with Crippen LogP contribution in [-0.2, 0) is 4.74 Å². The van der Waals surface area contributed by atoms with Crippen LogP contribution in [0, 0.1) is 5.82 Å². The number of ether oxygens (including phenoxy) is 1. The lowest BCUT2D eigenvalue weighted by Gasteiger charge is -1.96. The Morgan fingerprint density at radius 2 is 1.92 bits per heavy atom. The summed E-state index contributed by atoms with van der Waals surface area (Å²) in [6.07, 6.45) is 0. The van der Waals surface area contributed by atoms with Crippen LogP contribution in [0.3, 0.4) is 0 Å². The predicted octanol–water partition coefficient (Wildman–Crippen LogP) is 1.79. The van der Waals surface area contributed by atoms with Gasteiger partial charge in [-0.05, 0) is 12.1 Å². The molecule has 5 heteroatoms. The fourth-order valence-corrected chi connectivity index (χ4v) is 1.35. The molecule has 0 radical (unpaired) electrons. The Morgan fingerprint density at radius 1 is 1.23 bits per heavy atom. The first-order valence-electron chi connectivity index (χ1n) is 3.36. The lowest BCUT2D eigenvalue weighted by molar-refractivity contribution is 0.0444. The van der Waals surface area contributed by atoms with Gasteiger partial charge in [0.2, 0.25) is 0 Å². The highest BCUT2D eigenvalue weighted by Gasteiger charge is 2.33. The largest absolute Gasteiger partial charge is 0.386 e. The van der Waals surface area contributed by atoms with Crippen molar-refractivity contribution in [3.8, 4) is 0 Å². The molecule has 1 aliphatic heterocycles. The van der Waals surface area contributed by atoms with Crippen LogP contribution >= 0.6 is 11.6 Å². The van der Waals surface area contributed by atoms with Crippen LogP contribution in [0.5, 0.6) is 0 Å². The minimum Gasteiger partial charge on any atom is -0.386 e. The van der Waals surface area contributed by atoms with E-state index in [9.17, 15) is 14.0 Å². The molecule has 0 unspecified atom stereocenters. The molecule has 0 aliphatic carbocycles. The topological polar surface area (TPSA) is 43.4 Å². The molecule has 1 aliphatic rings. The van der Waals surface area contributed by atoms with Crippen LogP contribution < -0.4 is 0 Å². The third-order valence-corrected chi connectivity index (χ3v) is 2.07. The zero-order valence-electron chi connectivity index (χ0n) is 6.14. The normalized spacial score (nSPS) is 14.3. The second-order valence-electron chi connectivity index (χ2n) is 2.46. The van der Waals surface area contributed by atoms with Crippen molar-refractivity contribution in [3.05, 3.63) is 34.1 Å². The SMILES string of the molecule is O=C1OC(=O)c2c1ccc(F)c2Cl. The summed E-state index contributed by atoms with van der Waals surface area (Å²) in [7, 11) is 0. The summed E-state index contributed by atoms with van der Waals surface area (Å²) in [5.74, 6) is -2.43. The fraction of sp³-hybridized carbons (Fsp3) is 0. The predicted molar refractivity (Wildman–Crippen MR) is 41.2 cm³/mol. The highest BCUT2D eigenvalue weighted by Crippen LogP contribution is 2.29. The van der Waals surface area contributed by atoms with E-state index in [0.717, 1.165) is 6.07 Å². The molecule has 13 heavy (non-hydrogen) atoms. The molecule has 0 spiro atoms. The molecule has 0 atom stereocenters. The molecule has 1 heterocycles. The third-order valence-electron chi connectivity index (χ3n) is 1.70. The van der Waals surface area contributed by atoms with Crippen LogP contribution in [0.1, 0.15) is 20.7 Å². The summed E-state index contributed by atoms with van der Waals surface area (Å²) in [6, 6.07) is 2.19.